The highest BCUT2D eigenvalue weighted by Gasteiger charge is 2.17. The Morgan fingerprint density at radius 1 is 0.824 bits per heavy atom. The van der Waals surface area contributed by atoms with Gasteiger partial charge in [-0.15, -0.1) is 0 Å². The first-order valence-electron chi connectivity index (χ1n) is 6.03. The first kappa shape index (κ1) is 12.1. The second kappa shape index (κ2) is 5.80. The van der Waals surface area contributed by atoms with Crippen LogP contribution in [0.5, 0.6) is 0 Å². The third-order valence-corrected chi connectivity index (χ3v) is 5.05. The third kappa shape index (κ3) is 3.28. The average Bonchev–Trinajstić information content (AvgIpc) is 2.38. The summed E-state index contributed by atoms with van der Waals surface area (Å²) in [5.74, 6) is 0. The summed E-state index contributed by atoms with van der Waals surface area (Å²) in [6.45, 7) is 1.80. The van der Waals surface area contributed by atoms with Gasteiger partial charge in [-0.2, -0.15) is 0 Å². The monoisotopic (exact) mass is 241 g/mol. The van der Waals surface area contributed by atoms with E-state index in [9.17, 15) is 5.11 Å². The summed E-state index contributed by atoms with van der Waals surface area (Å²) < 4.78 is 0. The fourth-order valence-electron chi connectivity index (χ4n) is 2.17. The lowest BCUT2D eigenvalue weighted by Gasteiger charge is -2.18. The lowest BCUT2D eigenvalue weighted by Crippen LogP contribution is -2.20. The van der Waals surface area contributed by atoms with Gasteiger partial charge in [-0.05, 0) is 18.1 Å². The SMILES string of the molecule is CC([O])[SiH2]C(c1ccccc1)c1ccccc1. The Morgan fingerprint density at radius 3 is 1.59 bits per heavy atom. The molecule has 0 bridgehead atoms. The van der Waals surface area contributed by atoms with Crippen LogP contribution >= 0.6 is 0 Å². The minimum absolute atomic E-state index is 0.352. The molecular weight excluding hydrogens is 224 g/mol. The molecule has 0 fully saturated rings. The van der Waals surface area contributed by atoms with E-state index >= 15 is 0 Å². The van der Waals surface area contributed by atoms with Crippen molar-refractivity contribution in [3.05, 3.63) is 71.8 Å². The van der Waals surface area contributed by atoms with Crippen molar-refractivity contribution in [3.63, 3.8) is 0 Å². The molecule has 0 N–H and O–H groups in total. The second-order valence-corrected chi connectivity index (χ2v) is 6.86. The summed E-state index contributed by atoms with van der Waals surface area (Å²) in [7, 11) is -0.692. The van der Waals surface area contributed by atoms with E-state index in [4.69, 9.17) is 0 Å². The predicted octanol–water partition coefficient (Wildman–Crippen LogP) is 2.72. The standard InChI is InChI=1S/C15H17OSi/c1-12(16)17-15(13-8-4-2-5-9-13)14-10-6-3-7-11-14/h2-12,15H,17H2,1H3. The van der Waals surface area contributed by atoms with Gasteiger partial charge >= 0.3 is 0 Å². The topological polar surface area (TPSA) is 19.9 Å². The van der Waals surface area contributed by atoms with Crippen molar-refractivity contribution in [1.29, 1.82) is 0 Å². The fourth-order valence-corrected chi connectivity index (χ4v) is 3.92. The Bertz CT molecular complexity index is 399. The molecule has 2 rings (SSSR count). The Labute approximate surface area is 105 Å². The Balaban J connectivity index is 2.32. The van der Waals surface area contributed by atoms with Crippen molar-refractivity contribution >= 4 is 9.52 Å². The van der Waals surface area contributed by atoms with E-state index in [-0.39, 0.29) is 0 Å². The van der Waals surface area contributed by atoms with Crippen LogP contribution in [-0.2, 0) is 5.11 Å². The zero-order valence-corrected chi connectivity index (χ0v) is 11.5. The van der Waals surface area contributed by atoms with Crippen molar-refractivity contribution < 1.29 is 5.11 Å². The van der Waals surface area contributed by atoms with Gasteiger partial charge in [0.2, 0.25) is 0 Å². The minimum Gasteiger partial charge on any atom is -0.238 e. The minimum atomic E-state index is -0.692. The molecule has 0 aliphatic carbocycles. The molecule has 0 saturated carbocycles. The van der Waals surface area contributed by atoms with Crippen LogP contribution in [0.2, 0.25) is 0 Å². The quantitative estimate of drug-likeness (QED) is 0.734. The van der Waals surface area contributed by atoms with Crippen molar-refractivity contribution in [2.45, 2.75) is 18.2 Å². The molecule has 17 heavy (non-hydrogen) atoms. The van der Waals surface area contributed by atoms with E-state index < -0.39 is 15.2 Å². The van der Waals surface area contributed by atoms with Gasteiger partial charge in [-0.1, -0.05) is 60.7 Å². The third-order valence-electron chi connectivity index (χ3n) is 2.97. The lowest BCUT2D eigenvalue weighted by atomic mass is 10.0. The number of hydrogen-bond donors (Lipinski definition) is 0. The number of rotatable bonds is 4. The van der Waals surface area contributed by atoms with Crippen molar-refractivity contribution in [2.24, 2.45) is 0 Å². The van der Waals surface area contributed by atoms with Gasteiger partial charge in [-0.25, -0.2) is 5.11 Å². The summed E-state index contributed by atoms with van der Waals surface area (Å²) >= 11 is 0. The predicted molar refractivity (Wildman–Crippen MR) is 73.4 cm³/mol. The molecular formula is C15H17OSi. The molecule has 1 unspecified atom stereocenters. The van der Waals surface area contributed by atoms with Gasteiger partial charge in [0.05, 0.1) is 15.2 Å². The molecule has 0 heterocycles. The van der Waals surface area contributed by atoms with Crippen molar-refractivity contribution in [3.8, 4) is 0 Å². The van der Waals surface area contributed by atoms with E-state index in [1.54, 1.807) is 6.92 Å². The van der Waals surface area contributed by atoms with E-state index in [1.807, 2.05) is 12.1 Å². The molecule has 0 saturated heterocycles. The molecule has 0 aliphatic heterocycles. The second-order valence-electron chi connectivity index (χ2n) is 4.42. The summed E-state index contributed by atoms with van der Waals surface area (Å²) in [6, 6.07) is 20.8. The molecule has 0 amide bonds. The van der Waals surface area contributed by atoms with Crippen LogP contribution in [0, 0.1) is 0 Å². The van der Waals surface area contributed by atoms with Crippen molar-refractivity contribution in [1.82, 2.24) is 0 Å². The summed E-state index contributed by atoms with van der Waals surface area (Å²) in [5, 5.41) is 11.5. The molecule has 2 aromatic rings. The highest BCUT2D eigenvalue weighted by Crippen LogP contribution is 2.23. The van der Waals surface area contributed by atoms with Gasteiger partial charge in [0.15, 0.2) is 0 Å². The molecule has 0 spiro atoms. The maximum absolute atomic E-state index is 11.5. The molecule has 1 nitrogen and oxygen atoms in total. The Hall–Kier alpha value is -1.38. The lowest BCUT2D eigenvalue weighted by molar-refractivity contribution is 0.170. The van der Waals surface area contributed by atoms with Crippen molar-refractivity contribution in [2.75, 3.05) is 0 Å². The van der Waals surface area contributed by atoms with Gasteiger partial charge in [0, 0.05) is 5.54 Å². The molecule has 87 valence electrons. The smallest absolute Gasteiger partial charge is 0.0748 e. The van der Waals surface area contributed by atoms with Crippen LogP contribution in [0.15, 0.2) is 60.7 Å². The fraction of sp³-hybridized carbons (Fsp3) is 0.200. The van der Waals surface area contributed by atoms with Gasteiger partial charge in [-0.3, -0.25) is 0 Å². The normalized spacial score (nSPS) is 13.4. The molecule has 1 radical (unpaired) electrons. The molecule has 2 aromatic carbocycles. The molecule has 0 aliphatic rings. The van der Waals surface area contributed by atoms with Gasteiger partial charge in [0.1, 0.15) is 0 Å². The molecule has 0 aromatic heterocycles. The summed E-state index contributed by atoms with van der Waals surface area (Å²) in [4.78, 5) is 0. The van der Waals surface area contributed by atoms with E-state index in [0.717, 1.165) is 0 Å². The van der Waals surface area contributed by atoms with Crippen LogP contribution in [0.4, 0.5) is 0 Å². The van der Waals surface area contributed by atoms with E-state index in [2.05, 4.69) is 48.5 Å². The van der Waals surface area contributed by atoms with Crippen LogP contribution in [0.1, 0.15) is 23.6 Å². The van der Waals surface area contributed by atoms with Crippen LogP contribution < -0.4 is 0 Å². The van der Waals surface area contributed by atoms with Gasteiger partial charge < -0.3 is 0 Å². The van der Waals surface area contributed by atoms with E-state index in [1.165, 1.54) is 11.1 Å². The largest absolute Gasteiger partial charge is 0.238 e. The van der Waals surface area contributed by atoms with E-state index in [0.29, 0.717) is 5.54 Å². The highest BCUT2D eigenvalue weighted by molar-refractivity contribution is 6.40. The first-order valence-corrected chi connectivity index (χ1v) is 7.66. The maximum Gasteiger partial charge on any atom is 0.0748 e. The molecule has 1 atom stereocenters. The van der Waals surface area contributed by atoms with Crippen LogP contribution in [0.3, 0.4) is 0 Å². The maximum atomic E-state index is 11.5. The zero-order chi connectivity index (χ0) is 12.1. The highest BCUT2D eigenvalue weighted by atomic mass is 28.2. The Kier molecular flexibility index (Phi) is 4.12. The summed E-state index contributed by atoms with van der Waals surface area (Å²) in [6.07, 6.45) is 0. The summed E-state index contributed by atoms with van der Waals surface area (Å²) in [5.41, 5.74) is 2.52. The molecule has 2 heteroatoms. The Morgan fingerprint density at radius 2 is 1.24 bits per heavy atom. The van der Waals surface area contributed by atoms with Crippen LogP contribution in [-0.4, -0.2) is 15.2 Å². The van der Waals surface area contributed by atoms with Gasteiger partial charge in [0.25, 0.3) is 0 Å². The average molecular weight is 241 g/mol. The zero-order valence-electron chi connectivity index (χ0n) is 10.0. The van der Waals surface area contributed by atoms with Crippen LogP contribution in [0.25, 0.3) is 0 Å². The number of hydrogen-bond acceptors (Lipinski definition) is 0. The first-order chi connectivity index (χ1) is 8.27. The number of benzene rings is 2.